The van der Waals surface area contributed by atoms with Gasteiger partial charge in [-0.15, -0.1) is 0 Å². The summed E-state index contributed by atoms with van der Waals surface area (Å²) in [6, 6.07) is 38.2. The lowest BCUT2D eigenvalue weighted by molar-refractivity contribution is 0.125. The fourth-order valence-electron chi connectivity index (χ4n) is 7.53. The van der Waals surface area contributed by atoms with Gasteiger partial charge in [0.15, 0.2) is 0 Å². The van der Waals surface area contributed by atoms with Crippen molar-refractivity contribution in [2.45, 2.75) is 26.3 Å². The van der Waals surface area contributed by atoms with Crippen LogP contribution in [0.25, 0.3) is 49.8 Å². The van der Waals surface area contributed by atoms with Crippen molar-refractivity contribution in [1.29, 1.82) is 0 Å². The van der Waals surface area contributed by atoms with Crippen molar-refractivity contribution in [2.75, 3.05) is 6.79 Å². The maximum absolute atomic E-state index is 6.37. The number of nitrogens with zero attached hydrogens (tertiary/aromatic N) is 1. The van der Waals surface area contributed by atoms with Crippen LogP contribution in [0.5, 0.6) is 11.5 Å². The topological polar surface area (TPSA) is 44.0 Å². The van der Waals surface area contributed by atoms with Crippen molar-refractivity contribution in [3.63, 3.8) is 0 Å². The minimum absolute atomic E-state index is 0.0255. The van der Waals surface area contributed by atoms with Crippen LogP contribution in [-0.2, 0) is 0 Å². The molecule has 5 aromatic carbocycles. The molecule has 3 atom stereocenters. The molecule has 0 fully saturated rings. The summed E-state index contributed by atoms with van der Waals surface area (Å²) in [5.74, 6) is 2.28. The molecule has 0 spiro atoms. The molecule has 0 N–H and O–H groups in total. The lowest BCUT2D eigenvalue weighted by Gasteiger charge is -2.30. The minimum Gasteiger partial charge on any atom is -0.457 e. The summed E-state index contributed by atoms with van der Waals surface area (Å²) < 4.78 is 18.8. The Bertz CT molecular complexity index is 2340. The number of hydrogen-bond acceptors (Lipinski definition) is 4. The SMILES string of the molecule is CC1C=CC=C(C2=NC(c3ccccc3)C(C)C(c3ccc4c(c3)-c3ccc(-c5cccc6c5oc5ccccc56)cc3OCO4)=C2)C1. The maximum Gasteiger partial charge on any atom is 0.230 e. The van der Waals surface area contributed by atoms with E-state index in [1.165, 1.54) is 22.3 Å². The van der Waals surface area contributed by atoms with E-state index in [0.717, 1.165) is 67.8 Å². The first-order chi connectivity index (χ1) is 23.6. The van der Waals surface area contributed by atoms with E-state index in [2.05, 4.69) is 135 Å². The summed E-state index contributed by atoms with van der Waals surface area (Å²) in [6.07, 6.45) is 9.97. The quantitative estimate of drug-likeness (QED) is 0.196. The molecule has 3 aliphatic rings. The maximum atomic E-state index is 6.37. The second-order valence-electron chi connectivity index (χ2n) is 13.1. The molecular weight excluding hydrogens is 590 g/mol. The van der Waals surface area contributed by atoms with Gasteiger partial charge in [0.25, 0.3) is 0 Å². The second-order valence-corrected chi connectivity index (χ2v) is 13.1. The fourth-order valence-corrected chi connectivity index (χ4v) is 7.53. The Morgan fingerprint density at radius 1 is 0.688 bits per heavy atom. The smallest absolute Gasteiger partial charge is 0.230 e. The molecule has 4 nitrogen and oxygen atoms in total. The van der Waals surface area contributed by atoms with Crippen LogP contribution in [0.3, 0.4) is 0 Å². The minimum atomic E-state index is 0.0255. The molecule has 234 valence electrons. The van der Waals surface area contributed by atoms with Gasteiger partial charge >= 0.3 is 0 Å². The zero-order valence-corrected chi connectivity index (χ0v) is 27.0. The van der Waals surface area contributed by atoms with Gasteiger partial charge in [0.1, 0.15) is 22.7 Å². The third-order valence-corrected chi connectivity index (χ3v) is 10.0. The van der Waals surface area contributed by atoms with Crippen molar-refractivity contribution in [3.8, 4) is 33.8 Å². The van der Waals surface area contributed by atoms with Gasteiger partial charge in [-0.1, -0.05) is 111 Å². The normalized spacial score (nSPS) is 20.1. The predicted octanol–water partition coefficient (Wildman–Crippen LogP) is 11.4. The van der Waals surface area contributed by atoms with Crippen LogP contribution in [0.1, 0.15) is 37.4 Å². The van der Waals surface area contributed by atoms with E-state index < -0.39 is 0 Å². The number of ether oxygens (including phenoxy) is 2. The zero-order chi connectivity index (χ0) is 32.2. The Morgan fingerprint density at radius 3 is 2.40 bits per heavy atom. The van der Waals surface area contributed by atoms with E-state index >= 15 is 0 Å². The Labute approximate surface area is 280 Å². The first kappa shape index (κ1) is 28.6. The molecule has 0 radical (unpaired) electrons. The van der Waals surface area contributed by atoms with Gasteiger partial charge < -0.3 is 13.9 Å². The molecule has 0 saturated heterocycles. The van der Waals surface area contributed by atoms with E-state index in [-0.39, 0.29) is 18.8 Å². The monoisotopic (exact) mass is 625 g/mol. The van der Waals surface area contributed by atoms with Gasteiger partial charge in [0, 0.05) is 33.4 Å². The largest absolute Gasteiger partial charge is 0.457 e. The van der Waals surface area contributed by atoms with Crippen LogP contribution >= 0.6 is 0 Å². The average Bonchev–Trinajstić information content (AvgIpc) is 3.41. The van der Waals surface area contributed by atoms with Crippen LogP contribution in [0.4, 0.5) is 0 Å². The first-order valence-electron chi connectivity index (χ1n) is 16.8. The number of dihydropyridines is 1. The number of aliphatic imine (C=N–C) groups is 1. The third-order valence-electron chi connectivity index (χ3n) is 10.0. The van der Waals surface area contributed by atoms with Crippen molar-refractivity contribution in [2.24, 2.45) is 16.8 Å². The number of furan rings is 1. The van der Waals surface area contributed by atoms with E-state index in [1.807, 2.05) is 12.1 Å². The molecule has 0 bridgehead atoms. The number of allylic oxidation sites excluding steroid dienone is 5. The Kier molecular flexibility index (Phi) is 6.89. The Hall–Kier alpha value is -5.61. The molecule has 1 aliphatic carbocycles. The summed E-state index contributed by atoms with van der Waals surface area (Å²) in [5.41, 5.74) is 11.9. The summed E-state index contributed by atoms with van der Waals surface area (Å²) in [7, 11) is 0. The van der Waals surface area contributed by atoms with E-state index in [0.29, 0.717) is 5.92 Å². The highest BCUT2D eigenvalue weighted by Crippen LogP contribution is 2.46. The highest BCUT2D eigenvalue weighted by molar-refractivity contribution is 6.14. The predicted molar refractivity (Wildman–Crippen MR) is 195 cm³/mol. The number of fused-ring (bicyclic) bond motifs is 6. The lowest BCUT2D eigenvalue weighted by atomic mass is 9.80. The molecule has 9 rings (SSSR count). The van der Waals surface area contributed by atoms with Gasteiger partial charge in [-0.05, 0) is 76.6 Å². The molecule has 1 aromatic heterocycles. The molecule has 3 heterocycles. The Morgan fingerprint density at radius 2 is 1.50 bits per heavy atom. The summed E-state index contributed by atoms with van der Waals surface area (Å²) in [6.45, 7) is 4.71. The third kappa shape index (κ3) is 4.87. The van der Waals surface area contributed by atoms with E-state index in [9.17, 15) is 0 Å². The van der Waals surface area contributed by atoms with Gasteiger partial charge in [-0.25, -0.2) is 0 Å². The van der Waals surface area contributed by atoms with Crippen LogP contribution in [0.15, 0.2) is 148 Å². The molecular formula is C44H35NO3. The number of benzene rings is 5. The van der Waals surface area contributed by atoms with E-state index in [1.54, 1.807) is 0 Å². The molecule has 48 heavy (non-hydrogen) atoms. The zero-order valence-electron chi connectivity index (χ0n) is 27.0. The molecule has 3 unspecified atom stereocenters. The highest BCUT2D eigenvalue weighted by Gasteiger charge is 2.30. The number of para-hydroxylation sites is 2. The first-order valence-corrected chi connectivity index (χ1v) is 16.8. The van der Waals surface area contributed by atoms with Gasteiger partial charge in [-0.3, -0.25) is 4.99 Å². The van der Waals surface area contributed by atoms with Crippen LogP contribution in [0.2, 0.25) is 0 Å². The standard InChI is InChI=1S/C44H35NO3/c1-27-10-8-13-32(22-27)39-25-37(28(2)43(45-39)29-11-4-3-5-12-29)30-19-21-40-38(23-30)35-20-18-31(24-42(35)47-26-46-40)33-15-9-16-36-34-14-6-7-17-41(34)48-44(33)36/h3-21,23-25,27-28,43H,22,26H2,1-2H3. The molecule has 0 amide bonds. The number of hydrogen-bond donors (Lipinski definition) is 0. The van der Waals surface area contributed by atoms with Crippen LogP contribution < -0.4 is 9.47 Å². The van der Waals surface area contributed by atoms with Crippen molar-refractivity contribution in [1.82, 2.24) is 0 Å². The molecule has 0 saturated carbocycles. The lowest BCUT2D eigenvalue weighted by Crippen LogP contribution is -2.20. The van der Waals surface area contributed by atoms with Gasteiger partial charge in [0.05, 0.1) is 11.8 Å². The van der Waals surface area contributed by atoms with Crippen molar-refractivity contribution < 1.29 is 13.9 Å². The van der Waals surface area contributed by atoms with Gasteiger partial charge in [0.2, 0.25) is 6.79 Å². The summed E-state index contributed by atoms with van der Waals surface area (Å²) >= 11 is 0. The molecule has 6 aromatic rings. The number of rotatable bonds is 4. The Balaban J connectivity index is 1.14. The van der Waals surface area contributed by atoms with Crippen molar-refractivity contribution >= 4 is 33.2 Å². The summed E-state index contributed by atoms with van der Waals surface area (Å²) in [5, 5.41) is 2.23. The summed E-state index contributed by atoms with van der Waals surface area (Å²) in [4.78, 5) is 5.36. The van der Waals surface area contributed by atoms with Crippen LogP contribution in [-0.4, -0.2) is 12.5 Å². The van der Waals surface area contributed by atoms with Crippen LogP contribution in [0, 0.1) is 11.8 Å². The van der Waals surface area contributed by atoms with E-state index in [4.69, 9.17) is 18.9 Å². The van der Waals surface area contributed by atoms with Crippen molar-refractivity contribution in [3.05, 3.63) is 150 Å². The molecule has 4 heteroatoms. The average molecular weight is 626 g/mol. The molecule has 2 aliphatic heterocycles. The highest BCUT2D eigenvalue weighted by atomic mass is 16.7. The van der Waals surface area contributed by atoms with Gasteiger partial charge in [-0.2, -0.15) is 0 Å². The fraction of sp³-hybridized carbons (Fsp3) is 0.159. The second kappa shape index (κ2) is 11.6.